The number of carbonyl (C=O) groups is 3. The fourth-order valence-corrected chi connectivity index (χ4v) is 2.84. The lowest BCUT2D eigenvalue weighted by Crippen LogP contribution is -2.34. The van der Waals surface area contributed by atoms with Crippen LogP contribution in [0.3, 0.4) is 0 Å². The molecule has 1 heterocycles. The molecule has 2 N–H and O–H groups in total. The standard InChI is InChI=1S/C20H20N2O5/c1-2-11-27-16-9-7-15(8-10-16)22-18(23)12-17(19(22)24)21-14-5-3-13(4-6-14)20(25)26/h3-10,17,21H,2,11-12H2,1H3,(H,25,26)/t17-/m1/s1. The van der Waals surface area contributed by atoms with E-state index < -0.39 is 12.0 Å². The van der Waals surface area contributed by atoms with E-state index in [2.05, 4.69) is 5.32 Å². The van der Waals surface area contributed by atoms with Crippen LogP contribution in [0.4, 0.5) is 11.4 Å². The molecule has 140 valence electrons. The molecule has 1 fully saturated rings. The van der Waals surface area contributed by atoms with Crippen molar-refractivity contribution in [2.24, 2.45) is 0 Å². The van der Waals surface area contributed by atoms with Crippen molar-refractivity contribution in [3.63, 3.8) is 0 Å². The molecule has 1 saturated heterocycles. The van der Waals surface area contributed by atoms with Crippen molar-refractivity contribution in [3.8, 4) is 5.75 Å². The molecule has 3 rings (SSSR count). The maximum atomic E-state index is 12.7. The number of hydrogen-bond donors (Lipinski definition) is 2. The third kappa shape index (κ3) is 4.08. The first kappa shape index (κ1) is 18.4. The van der Waals surface area contributed by atoms with Crippen LogP contribution in [0.1, 0.15) is 30.1 Å². The van der Waals surface area contributed by atoms with Gasteiger partial charge < -0.3 is 15.2 Å². The normalized spacial score (nSPS) is 16.5. The van der Waals surface area contributed by atoms with Crippen molar-refractivity contribution in [2.75, 3.05) is 16.8 Å². The van der Waals surface area contributed by atoms with Crippen LogP contribution >= 0.6 is 0 Å². The summed E-state index contributed by atoms with van der Waals surface area (Å²) in [7, 11) is 0. The highest BCUT2D eigenvalue weighted by atomic mass is 16.5. The number of carboxylic acid groups (broad SMARTS) is 1. The third-order valence-corrected chi connectivity index (χ3v) is 4.19. The lowest BCUT2D eigenvalue weighted by Gasteiger charge is -2.16. The zero-order chi connectivity index (χ0) is 19.4. The number of nitrogens with zero attached hydrogens (tertiary/aromatic N) is 1. The van der Waals surface area contributed by atoms with E-state index in [9.17, 15) is 14.4 Å². The molecule has 7 nitrogen and oxygen atoms in total. The van der Waals surface area contributed by atoms with Crippen molar-refractivity contribution >= 4 is 29.2 Å². The fourth-order valence-electron chi connectivity index (χ4n) is 2.84. The number of anilines is 2. The van der Waals surface area contributed by atoms with Crippen LogP contribution in [0.2, 0.25) is 0 Å². The molecule has 1 aliphatic heterocycles. The number of carbonyl (C=O) groups excluding carboxylic acids is 2. The van der Waals surface area contributed by atoms with Gasteiger partial charge in [0.1, 0.15) is 11.8 Å². The molecule has 2 aromatic rings. The summed E-state index contributed by atoms with van der Waals surface area (Å²) in [6, 6.07) is 12.2. The van der Waals surface area contributed by atoms with Crippen LogP contribution < -0.4 is 15.0 Å². The Morgan fingerprint density at radius 1 is 1.15 bits per heavy atom. The van der Waals surface area contributed by atoms with Gasteiger partial charge in [0.2, 0.25) is 5.91 Å². The van der Waals surface area contributed by atoms with Gasteiger partial charge in [0.25, 0.3) is 5.91 Å². The lowest BCUT2D eigenvalue weighted by molar-refractivity contribution is -0.121. The minimum Gasteiger partial charge on any atom is -0.494 e. The van der Waals surface area contributed by atoms with E-state index in [1.807, 2.05) is 6.92 Å². The molecular formula is C20H20N2O5. The number of imide groups is 1. The molecule has 2 amide bonds. The van der Waals surface area contributed by atoms with E-state index in [0.717, 1.165) is 11.3 Å². The second-order valence-electron chi connectivity index (χ2n) is 6.19. The number of aromatic carboxylic acids is 1. The Bertz CT molecular complexity index is 846. The summed E-state index contributed by atoms with van der Waals surface area (Å²) in [5.74, 6) is -0.967. The monoisotopic (exact) mass is 368 g/mol. The summed E-state index contributed by atoms with van der Waals surface area (Å²) in [5.41, 5.74) is 1.23. The van der Waals surface area contributed by atoms with Gasteiger partial charge in [-0.3, -0.25) is 9.59 Å². The molecule has 0 aliphatic carbocycles. The highest BCUT2D eigenvalue weighted by Gasteiger charge is 2.39. The van der Waals surface area contributed by atoms with Crippen LogP contribution in [0.15, 0.2) is 48.5 Å². The van der Waals surface area contributed by atoms with E-state index >= 15 is 0 Å². The van der Waals surface area contributed by atoms with Crippen molar-refractivity contribution in [1.29, 1.82) is 0 Å². The Hall–Kier alpha value is -3.35. The Labute approximate surface area is 156 Å². The molecule has 0 spiro atoms. The quantitative estimate of drug-likeness (QED) is 0.730. The predicted molar refractivity (Wildman–Crippen MR) is 100 cm³/mol. The second-order valence-corrected chi connectivity index (χ2v) is 6.19. The fraction of sp³-hybridized carbons (Fsp3) is 0.250. The maximum absolute atomic E-state index is 12.7. The molecule has 0 radical (unpaired) electrons. The Morgan fingerprint density at radius 2 is 1.81 bits per heavy atom. The third-order valence-electron chi connectivity index (χ3n) is 4.19. The number of hydrogen-bond acceptors (Lipinski definition) is 5. The molecule has 7 heteroatoms. The molecule has 0 bridgehead atoms. The first-order valence-electron chi connectivity index (χ1n) is 8.69. The zero-order valence-corrected chi connectivity index (χ0v) is 14.8. The van der Waals surface area contributed by atoms with Gasteiger partial charge in [0.15, 0.2) is 0 Å². The van der Waals surface area contributed by atoms with Crippen molar-refractivity contribution in [1.82, 2.24) is 0 Å². The average Bonchev–Trinajstić information content (AvgIpc) is 2.94. The van der Waals surface area contributed by atoms with Gasteiger partial charge in [0.05, 0.1) is 24.3 Å². The van der Waals surface area contributed by atoms with E-state index in [4.69, 9.17) is 9.84 Å². The topological polar surface area (TPSA) is 95.9 Å². The Balaban J connectivity index is 1.70. The van der Waals surface area contributed by atoms with Crippen LogP contribution in [0.5, 0.6) is 5.75 Å². The number of carboxylic acids is 1. The zero-order valence-electron chi connectivity index (χ0n) is 14.8. The number of benzene rings is 2. The van der Waals surface area contributed by atoms with Crippen LogP contribution in [0, 0.1) is 0 Å². The SMILES string of the molecule is CCCOc1ccc(N2C(=O)C[C@@H](Nc3ccc(C(=O)O)cc3)C2=O)cc1. The van der Waals surface area contributed by atoms with Crippen molar-refractivity contribution in [3.05, 3.63) is 54.1 Å². The van der Waals surface area contributed by atoms with Crippen LogP contribution in [-0.2, 0) is 9.59 Å². The minimum atomic E-state index is -1.02. The van der Waals surface area contributed by atoms with Crippen LogP contribution in [-0.4, -0.2) is 35.5 Å². The second kappa shape index (κ2) is 7.90. The Morgan fingerprint density at radius 3 is 2.41 bits per heavy atom. The summed E-state index contributed by atoms with van der Waals surface area (Å²) in [4.78, 5) is 37.1. The molecule has 0 aromatic heterocycles. The van der Waals surface area contributed by atoms with Gasteiger partial charge in [-0.15, -0.1) is 0 Å². The van der Waals surface area contributed by atoms with Gasteiger partial charge in [-0.25, -0.2) is 9.69 Å². The van der Waals surface area contributed by atoms with Crippen LogP contribution in [0.25, 0.3) is 0 Å². The summed E-state index contributed by atoms with van der Waals surface area (Å²) in [6.07, 6.45) is 0.930. The molecule has 0 saturated carbocycles. The smallest absolute Gasteiger partial charge is 0.335 e. The molecule has 1 aliphatic rings. The predicted octanol–water partition coefficient (Wildman–Crippen LogP) is 2.92. The molecule has 1 atom stereocenters. The van der Waals surface area contributed by atoms with Crippen molar-refractivity contribution < 1.29 is 24.2 Å². The van der Waals surface area contributed by atoms with E-state index in [1.54, 1.807) is 36.4 Å². The van der Waals surface area contributed by atoms with E-state index in [0.29, 0.717) is 23.7 Å². The summed E-state index contributed by atoms with van der Waals surface area (Å²) in [6.45, 7) is 2.62. The van der Waals surface area contributed by atoms with Gasteiger partial charge in [-0.05, 0) is 55.0 Å². The van der Waals surface area contributed by atoms with E-state index in [-0.39, 0.29) is 23.8 Å². The average molecular weight is 368 g/mol. The van der Waals surface area contributed by atoms with Gasteiger partial charge in [0, 0.05) is 5.69 Å². The van der Waals surface area contributed by atoms with Gasteiger partial charge >= 0.3 is 5.97 Å². The van der Waals surface area contributed by atoms with Gasteiger partial charge in [-0.2, -0.15) is 0 Å². The molecule has 27 heavy (non-hydrogen) atoms. The molecular weight excluding hydrogens is 348 g/mol. The molecule has 0 unspecified atom stereocenters. The highest BCUT2D eigenvalue weighted by molar-refractivity contribution is 6.23. The molecule has 2 aromatic carbocycles. The first-order chi connectivity index (χ1) is 13.0. The van der Waals surface area contributed by atoms with Gasteiger partial charge in [-0.1, -0.05) is 6.92 Å². The number of ether oxygens (including phenoxy) is 1. The number of nitrogens with one attached hydrogen (secondary N) is 1. The highest BCUT2D eigenvalue weighted by Crippen LogP contribution is 2.27. The first-order valence-corrected chi connectivity index (χ1v) is 8.69. The summed E-state index contributed by atoms with van der Waals surface area (Å²) >= 11 is 0. The maximum Gasteiger partial charge on any atom is 0.335 e. The number of rotatable bonds is 7. The minimum absolute atomic E-state index is 0.0353. The summed E-state index contributed by atoms with van der Waals surface area (Å²) in [5, 5.41) is 11.9. The lowest BCUT2D eigenvalue weighted by atomic mass is 10.2. The summed E-state index contributed by atoms with van der Waals surface area (Å²) < 4.78 is 5.51. The van der Waals surface area contributed by atoms with E-state index in [1.165, 1.54) is 12.1 Å². The Kier molecular flexibility index (Phi) is 5.40. The number of amides is 2. The van der Waals surface area contributed by atoms with Crippen molar-refractivity contribution in [2.45, 2.75) is 25.8 Å². The largest absolute Gasteiger partial charge is 0.494 e.